The minimum atomic E-state index is 0.703. The van der Waals surface area contributed by atoms with Crippen molar-refractivity contribution >= 4 is 10.9 Å². The number of benzene rings is 1. The maximum Gasteiger partial charge on any atom is 0.0992 e. The summed E-state index contributed by atoms with van der Waals surface area (Å²) in [6, 6.07) is 7.85. The van der Waals surface area contributed by atoms with E-state index in [0.717, 1.165) is 5.52 Å². The number of hydrogen-bond acceptors (Lipinski definition) is 1. The Hall–Kier alpha value is -1.75. The highest BCUT2D eigenvalue weighted by atomic mass is 14.7. The van der Waals surface area contributed by atoms with Crippen LogP contribution in [0.3, 0.4) is 0 Å². The van der Waals surface area contributed by atoms with Gasteiger partial charge in [0.1, 0.15) is 0 Å². The number of nitriles is 1. The van der Waals surface area contributed by atoms with Crippen LogP contribution in [0.5, 0.6) is 0 Å². The van der Waals surface area contributed by atoms with Crippen LogP contribution in [0.2, 0.25) is 0 Å². The Labute approximate surface area is 76.8 Å². The fourth-order valence-electron chi connectivity index (χ4n) is 1.54. The number of fused-ring (bicyclic) bond motifs is 1. The summed E-state index contributed by atoms with van der Waals surface area (Å²) in [4.78, 5) is 3.25. The SMILES string of the molecule is Cc1[nH]c2cc(C#N)ccc2c1C. The minimum absolute atomic E-state index is 0.703. The van der Waals surface area contributed by atoms with Crippen LogP contribution >= 0.6 is 0 Å². The Balaban J connectivity index is 2.82. The quantitative estimate of drug-likeness (QED) is 0.648. The molecule has 0 unspecified atom stereocenters. The highest BCUT2D eigenvalue weighted by Crippen LogP contribution is 2.21. The zero-order valence-corrected chi connectivity index (χ0v) is 7.68. The lowest BCUT2D eigenvalue weighted by Crippen LogP contribution is -1.73. The molecule has 2 rings (SSSR count). The summed E-state index contributed by atoms with van der Waals surface area (Å²) in [5, 5.41) is 9.91. The highest BCUT2D eigenvalue weighted by molar-refractivity contribution is 5.85. The molecule has 0 saturated carbocycles. The van der Waals surface area contributed by atoms with E-state index in [1.807, 2.05) is 25.1 Å². The monoisotopic (exact) mass is 170 g/mol. The molecule has 2 aromatic rings. The molecule has 0 spiro atoms. The fraction of sp³-hybridized carbons (Fsp3) is 0.182. The maximum absolute atomic E-state index is 8.71. The third kappa shape index (κ3) is 1.09. The molecule has 0 saturated heterocycles. The van der Waals surface area contributed by atoms with Gasteiger partial charge in [-0.3, -0.25) is 0 Å². The molecule has 0 amide bonds. The molecule has 0 aliphatic heterocycles. The van der Waals surface area contributed by atoms with Crippen molar-refractivity contribution in [3.63, 3.8) is 0 Å². The van der Waals surface area contributed by atoms with Gasteiger partial charge in [0.2, 0.25) is 0 Å². The van der Waals surface area contributed by atoms with E-state index in [2.05, 4.69) is 18.0 Å². The van der Waals surface area contributed by atoms with E-state index in [9.17, 15) is 0 Å². The molecule has 0 aliphatic rings. The summed E-state index contributed by atoms with van der Waals surface area (Å²) in [6.07, 6.45) is 0. The molecule has 1 aromatic heterocycles. The first kappa shape index (κ1) is 7.88. The summed E-state index contributed by atoms with van der Waals surface area (Å²) in [5.74, 6) is 0. The molecule has 1 aromatic carbocycles. The van der Waals surface area contributed by atoms with Crippen LogP contribution in [0.1, 0.15) is 16.8 Å². The predicted molar refractivity (Wildman–Crippen MR) is 52.5 cm³/mol. The highest BCUT2D eigenvalue weighted by Gasteiger charge is 2.03. The van der Waals surface area contributed by atoms with Crippen molar-refractivity contribution in [1.82, 2.24) is 4.98 Å². The van der Waals surface area contributed by atoms with Gasteiger partial charge in [0.25, 0.3) is 0 Å². The molecular weight excluding hydrogens is 160 g/mol. The molecule has 2 nitrogen and oxygen atoms in total. The molecule has 0 aliphatic carbocycles. The maximum atomic E-state index is 8.71. The normalized spacial score (nSPS) is 10.2. The van der Waals surface area contributed by atoms with Gasteiger partial charge in [-0.15, -0.1) is 0 Å². The summed E-state index contributed by atoms with van der Waals surface area (Å²) < 4.78 is 0. The lowest BCUT2D eigenvalue weighted by Gasteiger charge is -1.91. The molecule has 0 radical (unpaired) electrons. The van der Waals surface area contributed by atoms with Gasteiger partial charge in [0.15, 0.2) is 0 Å². The van der Waals surface area contributed by atoms with Crippen molar-refractivity contribution in [3.05, 3.63) is 35.0 Å². The second-order valence-electron chi connectivity index (χ2n) is 3.25. The van der Waals surface area contributed by atoms with Crippen LogP contribution in [0.25, 0.3) is 10.9 Å². The molecule has 1 N–H and O–H groups in total. The zero-order valence-electron chi connectivity index (χ0n) is 7.68. The van der Waals surface area contributed by atoms with Gasteiger partial charge >= 0.3 is 0 Å². The van der Waals surface area contributed by atoms with Crippen LogP contribution in [0.15, 0.2) is 18.2 Å². The van der Waals surface area contributed by atoms with Gasteiger partial charge < -0.3 is 4.98 Å². The molecule has 64 valence electrons. The summed E-state index contributed by atoms with van der Waals surface area (Å²) >= 11 is 0. The average Bonchev–Trinajstić information content (AvgIpc) is 2.42. The average molecular weight is 170 g/mol. The van der Waals surface area contributed by atoms with Crippen molar-refractivity contribution in [2.45, 2.75) is 13.8 Å². The third-order valence-electron chi connectivity index (χ3n) is 2.44. The largest absolute Gasteiger partial charge is 0.358 e. The van der Waals surface area contributed by atoms with E-state index in [-0.39, 0.29) is 0 Å². The Morgan fingerprint density at radius 2 is 2.08 bits per heavy atom. The minimum Gasteiger partial charge on any atom is -0.358 e. The van der Waals surface area contributed by atoms with Gasteiger partial charge in [-0.25, -0.2) is 0 Å². The number of H-pyrrole nitrogens is 1. The van der Waals surface area contributed by atoms with Crippen LogP contribution < -0.4 is 0 Å². The van der Waals surface area contributed by atoms with Gasteiger partial charge in [-0.05, 0) is 31.5 Å². The van der Waals surface area contributed by atoms with Gasteiger partial charge in [0, 0.05) is 16.6 Å². The predicted octanol–water partition coefficient (Wildman–Crippen LogP) is 2.66. The Kier molecular flexibility index (Phi) is 1.60. The number of hydrogen-bond donors (Lipinski definition) is 1. The fourth-order valence-corrected chi connectivity index (χ4v) is 1.54. The van der Waals surface area contributed by atoms with Crippen molar-refractivity contribution in [1.29, 1.82) is 5.26 Å². The summed E-state index contributed by atoms with van der Waals surface area (Å²) in [7, 11) is 0. The number of aromatic amines is 1. The van der Waals surface area contributed by atoms with Crippen LogP contribution in [-0.4, -0.2) is 4.98 Å². The topological polar surface area (TPSA) is 39.6 Å². The van der Waals surface area contributed by atoms with Gasteiger partial charge in [-0.1, -0.05) is 6.07 Å². The number of aromatic nitrogens is 1. The van der Waals surface area contributed by atoms with E-state index in [1.54, 1.807) is 0 Å². The molecule has 2 heteroatoms. The first-order valence-electron chi connectivity index (χ1n) is 4.21. The van der Waals surface area contributed by atoms with E-state index in [0.29, 0.717) is 5.56 Å². The first-order valence-corrected chi connectivity index (χ1v) is 4.21. The Bertz CT molecular complexity index is 501. The molecular formula is C11H10N2. The second-order valence-corrected chi connectivity index (χ2v) is 3.25. The van der Waals surface area contributed by atoms with Gasteiger partial charge in [-0.2, -0.15) is 5.26 Å². The van der Waals surface area contributed by atoms with E-state index in [4.69, 9.17) is 5.26 Å². The third-order valence-corrected chi connectivity index (χ3v) is 2.44. The summed E-state index contributed by atoms with van der Waals surface area (Å²) in [5.41, 5.74) is 4.19. The van der Waals surface area contributed by atoms with Gasteiger partial charge in [0.05, 0.1) is 11.6 Å². The molecule has 0 bridgehead atoms. The number of aryl methyl sites for hydroxylation is 2. The Morgan fingerprint density at radius 1 is 1.31 bits per heavy atom. The van der Waals surface area contributed by atoms with Crippen LogP contribution in [0, 0.1) is 25.2 Å². The van der Waals surface area contributed by atoms with E-state index < -0.39 is 0 Å². The van der Waals surface area contributed by atoms with E-state index in [1.165, 1.54) is 16.6 Å². The lowest BCUT2D eigenvalue weighted by molar-refractivity contribution is 1.25. The zero-order chi connectivity index (χ0) is 9.42. The summed E-state index contributed by atoms with van der Waals surface area (Å²) in [6.45, 7) is 4.13. The number of nitrogens with one attached hydrogen (secondary N) is 1. The lowest BCUT2D eigenvalue weighted by atomic mass is 10.1. The van der Waals surface area contributed by atoms with Crippen molar-refractivity contribution in [3.8, 4) is 6.07 Å². The van der Waals surface area contributed by atoms with Crippen molar-refractivity contribution in [2.75, 3.05) is 0 Å². The molecule has 0 atom stereocenters. The van der Waals surface area contributed by atoms with Crippen molar-refractivity contribution < 1.29 is 0 Å². The second kappa shape index (κ2) is 2.63. The molecule has 0 fully saturated rings. The Morgan fingerprint density at radius 3 is 2.77 bits per heavy atom. The number of rotatable bonds is 0. The first-order chi connectivity index (χ1) is 6.22. The van der Waals surface area contributed by atoms with Crippen LogP contribution in [0.4, 0.5) is 0 Å². The molecule has 13 heavy (non-hydrogen) atoms. The standard InChI is InChI=1S/C11H10N2/c1-7-8(2)13-11-5-9(6-12)3-4-10(7)11/h3-5,13H,1-2H3. The smallest absolute Gasteiger partial charge is 0.0992 e. The molecule has 1 heterocycles. The van der Waals surface area contributed by atoms with E-state index >= 15 is 0 Å². The number of nitrogens with zero attached hydrogens (tertiary/aromatic N) is 1. The van der Waals surface area contributed by atoms with Crippen LogP contribution in [-0.2, 0) is 0 Å². The van der Waals surface area contributed by atoms with Crippen molar-refractivity contribution in [2.24, 2.45) is 0 Å².